The van der Waals surface area contributed by atoms with Crippen LogP contribution in [0.2, 0.25) is 0 Å². The van der Waals surface area contributed by atoms with Gasteiger partial charge in [-0.15, -0.1) is 0 Å². The highest BCUT2D eigenvalue weighted by molar-refractivity contribution is 7.80. The predicted octanol–water partition coefficient (Wildman–Crippen LogP) is 0.0988. The van der Waals surface area contributed by atoms with E-state index in [2.05, 4.69) is 17.6 Å². The molecular formula is C7H16N2OS. The number of thiocarbonyl (C=S) groups is 1. The van der Waals surface area contributed by atoms with E-state index in [9.17, 15) is 0 Å². The van der Waals surface area contributed by atoms with Crippen molar-refractivity contribution in [2.75, 3.05) is 20.2 Å². The van der Waals surface area contributed by atoms with E-state index in [1.54, 1.807) is 7.05 Å². The first-order valence-corrected chi connectivity index (χ1v) is 4.18. The Hall–Kier alpha value is -0.350. The molecule has 0 aliphatic rings. The van der Waals surface area contributed by atoms with Crippen LogP contribution in [0.1, 0.15) is 13.3 Å². The summed E-state index contributed by atoms with van der Waals surface area (Å²) in [5, 5.41) is 15.1. The van der Waals surface area contributed by atoms with Gasteiger partial charge in [-0.2, -0.15) is 0 Å². The zero-order valence-electron chi connectivity index (χ0n) is 7.05. The molecule has 11 heavy (non-hydrogen) atoms. The van der Waals surface area contributed by atoms with Gasteiger partial charge in [-0.1, -0.05) is 6.92 Å². The van der Waals surface area contributed by atoms with Gasteiger partial charge in [0.1, 0.15) is 0 Å². The lowest BCUT2D eigenvalue weighted by Crippen LogP contribution is -2.35. The summed E-state index contributed by atoms with van der Waals surface area (Å²) in [6.07, 6.45) is 0.819. The molecule has 0 rings (SSSR count). The van der Waals surface area contributed by atoms with Gasteiger partial charge in [0.15, 0.2) is 5.11 Å². The molecular weight excluding hydrogens is 160 g/mol. The molecule has 0 fully saturated rings. The highest BCUT2D eigenvalue weighted by Crippen LogP contribution is 1.97. The Morgan fingerprint density at radius 2 is 2.27 bits per heavy atom. The largest absolute Gasteiger partial charge is 0.396 e. The molecule has 0 aromatic rings. The normalized spacial score (nSPS) is 12.3. The van der Waals surface area contributed by atoms with Crippen LogP contribution in [0.4, 0.5) is 0 Å². The van der Waals surface area contributed by atoms with E-state index in [1.807, 2.05) is 0 Å². The van der Waals surface area contributed by atoms with Gasteiger partial charge < -0.3 is 15.7 Å². The molecule has 0 bridgehead atoms. The van der Waals surface area contributed by atoms with Crippen LogP contribution in [0.5, 0.6) is 0 Å². The Bertz CT molecular complexity index is 119. The second-order valence-corrected chi connectivity index (χ2v) is 2.99. The second kappa shape index (κ2) is 6.37. The summed E-state index contributed by atoms with van der Waals surface area (Å²) in [5.74, 6) is 0.464. The van der Waals surface area contributed by atoms with E-state index < -0.39 is 0 Å². The third-order valence-corrected chi connectivity index (χ3v) is 1.81. The molecule has 0 amide bonds. The summed E-state index contributed by atoms with van der Waals surface area (Å²) in [6, 6.07) is 0. The summed E-state index contributed by atoms with van der Waals surface area (Å²) in [4.78, 5) is 0. The van der Waals surface area contributed by atoms with Crippen molar-refractivity contribution in [1.29, 1.82) is 0 Å². The topological polar surface area (TPSA) is 44.3 Å². The van der Waals surface area contributed by atoms with E-state index in [-0.39, 0.29) is 6.61 Å². The third-order valence-electron chi connectivity index (χ3n) is 1.46. The first kappa shape index (κ1) is 10.7. The van der Waals surface area contributed by atoms with E-state index in [1.165, 1.54) is 0 Å². The average molecular weight is 176 g/mol. The van der Waals surface area contributed by atoms with E-state index in [0.29, 0.717) is 11.0 Å². The maximum absolute atomic E-state index is 8.58. The zero-order valence-corrected chi connectivity index (χ0v) is 7.87. The van der Waals surface area contributed by atoms with Crippen LogP contribution in [-0.2, 0) is 0 Å². The first-order chi connectivity index (χ1) is 5.20. The number of hydrogen-bond donors (Lipinski definition) is 3. The van der Waals surface area contributed by atoms with Gasteiger partial charge >= 0.3 is 0 Å². The number of nitrogens with one attached hydrogen (secondary N) is 2. The van der Waals surface area contributed by atoms with Crippen LogP contribution in [0.25, 0.3) is 0 Å². The summed E-state index contributed by atoms with van der Waals surface area (Å²) in [5.41, 5.74) is 0. The molecule has 0 aromatic heterocycles. The lowest BCUT2D eigenvalue weighted by molar-refractivity contribution is 0.262. The Balaban J connectivity index is 3.29. The molecule has 0 saturated carbocycles. The smallest absolute Gasteiger partial charge is 0.166 e. The first-order valence-electron chi connectivity index (χ1n) is 3.77. The van der Waals surface area contributed by atoms with E-state index >= 15 is 0 Å². The van der Waals surface area contributed by atoms with Gasteiger partial charge in [0.05, 0.1) is 0 Å². The van der Waals surface area contributed by atoms with Crippen LogP contribution < -0.4 is 10.6 Å². The lowest BCUT2D eigenvalue weighted by atomic mass is 10.1. The quantitative estimate of drug-likeness (QED) is 0.532. The highest BCUT2D eigenvalue weighted by Gasteiger charge is 2.00. The van der Waals surface area contributed by atoms with E-state index in [4.69, 9.17) is 17.3 Å². The predicted molar refractivity (Wildman–Crippen MR) is 50.5 cm³/mol. The molecule has 0 aromatic carbocycles. The van der Waals surface area contributed by atoms with Gasteiger partial charge in [0.25, 0.3) is 0 Å². The minimum absolute atomic E-state index is 0.245. The molecule has 66 valence electrons. The maximum Gasteiger partial charge on any atom is 0.166 e. The standard InChI is InChI=1S/C7H16N2OS/c1-6(3-4-10)5-9-7(11)8-2/h6,10H,3-5H2,1-2H3,(H2,8,9,11). The number of hydrogen-bond acceptors (Lipinski definition) is 2. The molecule has 0 saturated heterocycles. The summed E-state index contributed by atoms with van der Waals surface area (Å²) < 4.78 is 0. The van der Waals surface area contributed by atoms with Gasteiger partial charge in [-0.25, -0.2) is 0 Å². The van der Waals surface area contributed by atoms with E-state index in [0.717, 1.165) is 13.0 Å². The zero-order chi connectivity index (χ0) is 8.69. The number of aliphatic hydroxyl groups excluding tert-OH is 1. The Morgan fingerprint density at radius 3 is 2.73 bits per heavy atom. The maximum atomic E-state index is 8.58. The van der Waals surface area contributed by atoms with Gasteiger partial charge in [-0.3, -0.25) is 0 Å². The van der Waals surface area contributed by atoms with Crippen molar-refractivity contribution in [2.45, 2.75) is 13.3 Å². The minimum Gasteiger partial charge on any atom is -0.396 e. The van der Waals surface area contributed by atoms with Crippen LogP contribution in [-0.4, -0.2) is 30.4 Å². The molecule has 1 atom stereocenters. The fourth-order valence-electron chi connectivity index (χ4n) is 0.678. The molecule has 1 unspecified atom stereocenters. The van der Waals surface area contributed by atoms with Crippen molar-refractivity contribution in [3.05, 3.63) is 0 Å². The lowest BCUT2D eigenvalue weighted by Gasteiger charge is -2.11. The van der Waals surface area contributed by atoms with Gasteiger partial charge in [0.2, 0.25) is 0 Å². The monoisotopic (exact) mass is 176 g/mol. The Labute approximate surface area is 73.2 Å². The Morgan fingerprint density at radius 1 is 1.64 bits per heavy atom. The van der Waals surface area contributed by atoms with Crippen molar-refractivity contribution in [3.8, 4) is 0 Å². The third kappa shape index (κ3) is 6.06. The van der Waals surface area contributed by atoms with Crippen molar-refractivity contribution in [2.24, 2.45) is 5.92 Å². The fourth-order valence-corrected chi connectivity index (χ4v) is 0.761. The van der Waals surface area contributed by atoms with Gasteiger partial charge in [0, 0.05) is 20.2 Å². The summed E-state index contributed by atoms with van der Waals surface area (Å²) >= 11 is 4.87. The SMILES string of the molecule is CNC(=S)NCC(C)CCO. The number of aliphatic hydroxyl groups is 1. The van der Waals surface area contributed by atoms with Crippen molar-refractivity contribution in [1.82, 2.24) is 10.6 Å². The van der Waals surface area contributed by atoms with Crippen LogP contribution in [0.3, 0.4) is 0 Å². The van der Waals surface area contributed by atoms with Crippen molar-refractivity contribution in [3.63, 3.8) is 0 Å². The molecule has 3 N–H and O–H groups in total. The van der Waals surface area contributed by atoms with Crippen molar-refractivity contribution >= 4 is 17.3 Å². The molecule has 0 aliphatic heterocycles. The molecule has 4 heteroatoms. The highest BCUT2D eigenvalue weighted by atomic mass is 32.1. The summed E-state index contributed by atoms with van der Waals surface area (Å²) in [6.45, 7) is 3.14. The fraction of sp³-hybridized carbons (Fsp3) is 0.857. The van der Waals surface area contributed by atoms with Crippen molar-refractivity contribution < 1.29 is 5.11 Å². The minimum atomic E-state index is 0.245. The molecule has 0 aliphatic carbocycles. The van der Waals surface area contributed by atoms with Crippen LogP contribution >= 0.6 is 12.2 Å². The summed E-state index contributed by atoms with van der Waals surface area (Å²) in [7, 11) is 1.78. The van der Waals surface area contributed by atoms with Crippen LogP contribution in [0, 0.1) is 5.92 Å². The van der Waals surface area contributed by atoms with Crippen LogP contribution in [0.15, 0.2) is 0 Å². The second-order valence-electron chi connectivity index (χ2n) is 2.58. The Kier molecular flexibility index (Phi) is 6.16. The van der Waals surface area contributed by atoms with Gasteiger partial charge in [-0.05, 0) is 24.6 Å². The molecule has 0 spiro atoms. The average Bonchev–Trinajstić information content (AvgIpc) is 2.01. The molecule has 3 nitrogen and oxygen atoms in total. The molecule has 0 radical (unpaired) electrons. The molecule has 0 heterocycles. The number of rotatable bonds is 4.